The molecule has 1 saturated heterocycles. The molecule has 0 spiro atoms. The Morgan fingerprint density at radius 1 is 1.42 bits per heavy atom. The monoisotopic (exact) mass is 270 g/mol. The van der Waals surface area contributed by atoms with Crippen LogP contribution in [0.4, 0.5) is 5.82 Å². The summed E-state index contributed by atoms with van der Waals surface area (Å²) in [7, 11) is 1.51. The Morgan fingerprint density at radius 3 is 2.89 bits per heavy atom. The largest absolute Gasteiger partial charge is 0.481 e. The first-order chi connectivity index (χ1) is 9.15. The highest BCUT2D eigenvalue weighted by Gasteiger charge is 2.38. The lowest BCUT2D eigenvalue weighted by Crippen LogP contribution is -2.56. The standard InChI is InChI=1S/C12H18N2O5/c1-18-10-4-2-3-9(14-10)13-7-6-19-8(5-15)12(17)11(7)16/h2-4,7-8,11-12,15-17H,5-6H2,1H3,(H,13,14)/t7-,8+,11+,12-/m0/s1. The van der Waals surface area contributed by atoms with Gasteiger partial charge in [0.2, 0.25) is 5.88 Å². The highest BCUT2D eigenvalue weighted by atomic mass is 16.5. The van der Waals surface area contributed by atoms with Gasteiger partial charge in [0, 0.05) is 6.07 Å². The van der Waals surface area contributed by atoms with Crippen LogP contribution in [0.3, 0.4) is 0 Å². The minimum absolute atomic E-state index is 0.169. The summed E-state index contributed by atoms with van der Waals surface area (Å²) in [6.07, 6.45) is -2.94. The molecule has 0 bridgehead atoms. The second kappa shape index (κ2) is 6.16. The molecular weight excluding hydrogens is 252 g/mol. The fraction of sp³-hybridized carbons (Fsp3) is 0.583. The fourth-order valence-electron chi connectivity index (χ4n) is 1.97. The van der Waals surface area contributed by atoms with Gasteiger partial charge in [-0.05, 0) is 6.07 Å². The van der Waals surface area contributed by atoms with E-state index in [1.807, 2.05) is 0 Å². The van der Waals surface area contributed by atoms with Gasteiger partial charge in [-0.15, -0.1) is 0 Å². The maximum Gasteiger partial charge on any atom is 0.214 e. The van der Waals surface area contributed by atoms with Crippen LogP contribution in [-0.2, 0) is 4.74 Å². The van der Waals surface area contributed by atoms with E-state index in [1.165, 1.54) is 7.11 Å². The molecular formula is C12H18N2O5. The molecule has 1 aromatic heterocycles. The molecule has 4 atom stereocenters. The second-order valence-corrected chi connectivity index (χ2v) is 4.35. The lowest BCUT2D eigenvalue weighted by molar-refractivity contribution is -0.152. The lowest BCUT2D eigenvalue weighted by Gasteiger charge is -2.37. The van der Waals surface area contributed by atoms with Crippen molar-refractivity contribution in [1.82, 2.24) is 4.98 Å². The van der Waals surface area contributed by atoms with Crippen LogP contribution in [0.1, 0.15) is 0 Å². The van der Waals surface area contributed by atoms with Gasteiger partial charge in [0.15, 0.2) is 0 Å². The van der Waals surface area contributed by atoms with Gasteiger partial charge in [-0.25, -0.2) is 0 Å². The molecule has 4 N–H and O–H groups in total. The Morgan fingerprint density at radius 2 is 2.21 bits per heavy atom. The van der Waals surface area contributed by atoms with Gasteiger partial charge in [-0.2, -0.15) is 4.98 Å². The van der Waals surface area contributed by atoms with Gasteiger partial charge in [0.05, 0.1) is 26.4 Å². The van der Waals surface area contributed by atoms with Gasteiger partial charge < -0.3 is 30.1 Å². The van der Waals surface area contributed by atoms with Crippen LogP contribution in [0.15, 0.2) is 18.2 Å². The zero-order valence-electron chi connectivity index (χ0n) is 10.6. The number of ether oxygens (including phenoxy) is 2. The van der Waals surface area contributed by atoms with Gasteiger partial charge >= 0.3 is 0 Å². The van der Waals surface area contributed by atoms with Crippen LogP contribution in [0.2, 0.25) is 0 Å². The summed E-state index contributed by atoms with van der Waals surface area (Å²) in [5, 5.41) is 31.7. The van der Waals surface area contributed by atoms with E-state index in [0.717, 1.165) is 0 Å². The number of rotatable bonds is 4. The van der Waals surface area contributed by atoms with Crippen LogP contribution in [0.5, 0.6) is 5.88 Å². The number of aliphatic hydroxyl groups is 3. The quantitative estimate of drug-likeness (QED) is 0.555. The third-order valence-corrected chi connectivity index (χ3v) is 3.08. The highest BCUT2D eigenvalue weighted by molar-refractivity contribution is 5.38. The van der Waals surface area contributed by atoms with Crippen molar-refractivity contribution >= 4 is 5.82 Å². The summed E-state index contributed by atoms with van der Waals surface area (Å²) in [4.78, 5) is 4.15. The number of nitrogens with zero attached hydrogens (tertiary/aromatic N) is 1. The van der Waals surface area contributed by atoms with Crippen molar-refractivity contribution in [3.05, 3.63) is 18.2 Å². The van der Waals surface area contributed by atoms with Crippen LogP contribution < -0.4 is 10.1 Å². The van der Waals surface area contributed by atoms with Crippen molar-refractivity contribution in [1.29, 1.82) is 0 Å². The first-order valence-electron chi connectivity index (χ1n) is 6.02. The molecule has 0 unspecified atom stereocenters. The average molecular weight is 270 g/mol. The predicted molar refractivity (Wildman–Crippen MR) is 67.0 cm³/mol. The van der Waals surface area contributed by atoms with Crippen molar-refractivity contribution in [2.45, 2.75) is 24.4 Å². The minimum Gasteiger partial charge on any atom is -0.481 e. The highest BCUT2D eigenvalue weighted by Crippen LogP contribution is 2.19. The molecule has 1 aliphatic heterocycles. The fourth-order valence-corrected chi connectivity index (χ4v) is 1.97. The number of aliphatic hydroxyl groups excluding tert-OH is 3. The first kappa shape index (κ1) is 14.0. The lowest BCUT2D eigenvalue weighted by atomic mass is 9.98. The summed E-state index contributed by atoms with van der Waals surface area (Å²) in [5.41, 5.74) is 0. The van der Waals surface area contributed by atoms with E-state index in [2.05, 4.69) is 10.3 Å². The molecule has 106 valence electrons. The number of hydrogen-bond donors (Lipinski definition) is 4. The van der Waals surface area contributed by atoms with E-state index < -0.39 is 24.4 Å². The van der Waals surface area contributed by atoms with E-state index in [-0.39, 0.29) is 13.2 Å². The van der Waals surface area contributed by atoms with E-state index in [9.17, 15) is 10.2 Å². The average Bonchev–Trinajstić information content (AvgIpc) is 2.44. The van der Waals surface area contributed by atoms with Crippen molar-refractivity contribution in [3.63, 3.8) is 0 Å². The normalized spacial score (nSPS) is 30.9. The molecule has 0 aliphatic carbocycles. The molecule has 7 heteroatoms. The molecule has 0 aromatic carbocycles. The van der Waals surface area contributed by atoms with Crippen molar-refractivity contribution in [2.24, 2.45) is 0 Å². The molecule has 19 heavy (non-hydrogen) atoms. The summed E-state index contributed by atoms with van der Waals surface area (Å²) in [5.74, 6) is 0.964. The maximum absolute atomic E-state index is 9.96. The molecule has 0 saturated carbocycles. The van der Waals surface area contributed by atoms with Gasteiger partial charge in [-0.1, -0.05) is 6.07 Å². The van der Waals surface area contributed by atoms with Crippen molar-refractivity contribution in [3.8, 4) is 5.88 Å². The van der Waals surface area contributed by atoms with Crippen LogP contribution in [-0.4, -0.2) is 65.0 Å². The third-order valence-electron chi connectivity index (χ3n) is 3.08. The molecule has 0 amide bonds. The maximum atomic E-state index is 9.96. The molecule has 2 heterocycles. The number of nitrogens with one attached hydrogen (secondary N) is 1. The molecule has 0 radical (unpaired) electrons. The summed E-state index contributed by atoms with van der Waals surface area (Å²) in [6.45, 7) is -0.162. The van der Waals surface area contributed by atoms with Crippen LogP contribution in [0, 0.1) is 0 Å². The minimum atomic E-state index is -1.14. The molecule has 1 fully saturated rings. The van der Waals surface area contributed by atoms with E-state index in [4.69, 9.17) is 14.6 Å². The van der Waals surface area contributed by atoms with Gasteiger partial charge in [0.25, 0.3) is 0 Å². The molecule has 7 nitrogen and oxygen atoms in total. The smallest absolute Gasteiger partial charge is 0.214 e. The van der Waals surface area contributed by atoms with Gasteiger partial charge in [0.1, 0.15) is 24.1 Å². The van der Waals surface area contributed by atoms with E-state index in [0.29, 0.717) is 11.7 Å². The second-order valence-electron chi connectivity index (χ2n) is 4.35. The number of methoxy groups -OCH3 is 1. The Hall–Kier alpha value is -1.41. The zero-order chi connectivity index (χ0) is 13.8. The third kappa shape index (κ3) is 3.13. The van der Waals surface area contributed by atoms with Crippen LogP contribution >= 0.6 is 0 Å². The number of aromatic nitrogens is 1. The molecule has 2 rings (SSSR count). The molecule has 1 aliphatic rings. The van der Waals surface area contributed by atoms with E-state index >= 15 is 0 Å². The predicted octanol–water partition coefficient (Wildman–Crippen LogP) is -1.02. The number of anilines is 1. The summed E-state index contributed by atoms with van der Waals surface area (Å²) < 4.78 is 10.3. The van der Waals surface area contributed by atoms with Crippen molar-refractivity contribution in [2.75, 3.05) is 25.6 Å². The summed E-state index contributed by atoms with van der Waals surface area (Å²) in [6, 6.07) is 4.68. The van der Waals surface area contributed by atoms with Gasteiger partial charge in [-0.3, -0.25) is 0 Å². The Kier molecular flexibility index (Phi) is 4.54. The number of pyridine rings is 1. The van der Waals surface area contributed by atoms with E-state index in [1.54, 1.807) is 18.2 Å². The SMILES string of the molecule is COc1cccc(N[C@H]2CO[C@H](CO)[C@H](O)[C@@H]2O)n1. The first-order valence-corrected chi connectivity index (χ1v) is 6.02. The topological polar surface area (TPSA) is 104 Å². The number of hydrogen-bond acceptors (Lipinski definition) is 7. The Labute approximate surface area is 110 Å². The summed E-state index contributed by atoms with van der Waals surface area (Å²) >= 11 is 0. The molecule has 1 aromatic rings. The van der Waals surface area contributed by atoms with Crippen molar-refractivity contribution < 1.29 is 24.8 Å². The Balaban J connectivity index is 2.02. The Bertz CT molecular complexity index is 417. The zero-order valence-corrected chi connectivity index (χ0v) is 10.6. The van der Waals surface area contributed by atoms with Crippen LogP contribution in [0.25, 0.3) is 0 Å².